The normalized spacial score (nSPS) is 32.9. The molecule has 0 amide bonds. The molecule has 2 saturated carbocycles. The zero-order valence-electron chi connectivity index (χ0n) is 18.9. The lowest BCUT2D eigenvalue weighted by Gasteiger charge is -2.26. The number of hydrogen-bond donors (Lipinski definition) is 2. The van der Waals surface area contributed by atoms with Crippen LogP contribution in [0.2, 0.25) is 0 Å². The minimum atomic E-state index is -0.486. The van der Waals surface area contributed by atoms with Crippen molar-refractivity contribution in [2.24, 2.45) is 23.7 Å². The number of morpholine rings is 1. The summed E-state index contributed by atoms with van der Waals surface area (Å²) in [4.78, 5) is 2.51. The first-order chi connectivity index (χ1) is 14.6. The molecule has 2 aliphatic carbocycles. The molecule has 2 N–H and O–H groups in total. The smallest absolute Gasteiger partial charge is 0.0755 e. The maximum absolute atomic E-state index is 10.6. The highest BCUT2D eigenvalue weighted by molar-refractivity contribution is 5.18. The van der Waals surface area contributed by atoms with E-state index in [2.05, 4.69) is 28.9 Å². The molecular formula is C26H41NO3. The molecule has 1 heterocycles. The lowest BCUT2D eigenvalue weighted by atomic mass is 9.89. The quantitative estimate of drug-likeness (QED) is 0.342. The fourth-order valence-corrected chi connectivity index (χ4v) is 5.37. The summed E-state index contributed by atoms with van der Waals surface area (Å²) in [6.07, 6.45) is 13.3. The van der Waals surface area contributed by atoms with E-state index in [4.69, 9.17) is 4.74 Å². The minimum absolute atomic E-state index is 0.125. The summed E-state index contributed by atoms with van der Waals surface area (Å²) in [7, 11) is 0. The van der Waals surface area contributed by atoms with Crippen LogP contribution in [0.25, 0.3) is 0 Å². The molecule has 1 aliphatic heterocycles. The Kier molecular flexibility index (Phi) is 9.46. The van der Waals surface area contributed by atoms with Gasteiger partial charge in [0, 0.05) is 25.4 Å². The minimum Gasteiger partial charge on any atom is -0.392 e. The molecule has 3 rings (SSSR count). The molecule has 6 atom stereocenters. The number of unbranched alkanes of at least 4 members (excludes halogenated alkanes) is 2. The topological polar surface area (TPSA) is 52.9 Å². The van der Waals surface area contributed by atoms with E-state index in [1.165, 1.54) is 25.8 Å². The highest BCUT2D eigenvalue weighted by Gasteiger charge is 2.44. The molecule has 4 heteroatoms. The van der Waals surface area contributed by atoms with Crippen LogP contribution in [0.4, 0.5) is 0 Å². The van der Waals surface area contributed by atoms with Crippen LogP contribution in [0, 0.1) is 35.5 Å². The maximum atomic E-state index is 10.6. The number of rotatable bonds is 9. The Bertz CT molecular complexity index is 640. The van der Waals surface area contributed by atoms with E-state index in [0.29, 0.717) is 18.3 Å². The summed E-state index contributed by atoms with van der Waals surface area (Å²) in [6.45, 7) is 9.00. The van der Waals surface area contributed by atoms with Gasteiger partial charge in [0.25, 0.3) is 0 Å². The van der Waals surface area contributed by atoms with E-state index >= 15 is 0 Å². The first-order valence-corrected chi connectivity index (χ1v) is 12.0. The number of nitrogens with zero attached hydrogens (tertiary/aromatic N) is 1. The van der Waals surface area contributed by atoms with Crippen LogP contribution in [-0.4, -0.2) is 60.2 Å². The molecular weight excluding hydrogens is 374 g/mol. The van der Waals surface area contributed by atoms with Crippen LogP contribution in [0.3, 0.4) is 0 Å². The van der Waals surface area contributed by atoms with Gasteiger partial charge in [0.2, 0.25) is 0 Å². The van der Waals surface area contributed by atoms with Crippen molar-refractivity contribution in [3.05, 3.63) is 23.8 Å². The molecule has 6 unspecified atom stereocenters. The van der Waals surface area contributed by atoms with Gasteiger partial charge in [-0.1, -0.05) is 30.7 Å². The van der Waals surface area contributed by atoms with Crippen molar-refractivity contribution in [3.63, 3.8) is 0 Å². The molecule has 0 bridgehead atoms. The molecule has 0 aromatic rings. The Balaban J connectivity index is 1.42. The average Bonchev–Trinajstić information content (AvgIpc) is 3.27. The van der Waals surface area contributed by atoms with Gasteiger partial charge in [-0.2, -0.15) is 0 Å². The number of ether oxygens (including phenoxy) is 1. The highest BCUT2D eigenvalue weighted by Crippen LogP contribution is 2.50. The van der Waals surface area contributed by atoms with Gasteiger partial charge in [-0.25, -0.2) is 0 Å². The number of aliphatic hydroxyl groups excluding tert-OH is 2. The Labute approximate surface area is 183 Å². The molecule has 30 heavy (non-hydrogen) atoms. The number of fused-ring (bicyclic) bond motifs is 1. The fraction of sp³-hybridized carbons (Fsp3) is 0.769. The SMILES string of the molecule is CC#CCC(C)C(O)/C=C/C1C(O)CC2C/C(=C/CCCCN3CCOCC3)CC21. The van der Waals surface area contributed by atoms with Crippen molar-refractivity contribution in [3.8, 4) is 11.8 Å². The Morgan fingerprint density at radius 3 is 2.80 bits per heavy atom. The third-order valence-corrected chi connectivity index (χ3v) is 7.29. The molecule has 168 valence electrons. The van der Waals surface area contributed by atoms with Crippen molar-refractivity contribution in [2.75, 3.05) is 32.8 Å². The summed E-state index contributed by atoms with van der Waals surface area (Å²) in [6, 6.07) is 0. The van der Waals surface area contributed by atoms with E-state index in [-0.39, 0.29) is 17.9 Å². The maximum Gasteiger partial charge on any atom is 0.0755 e. The summed E-state index contributed by atoms with van der Waals surface area (Å²) in [5, 5.41) is 20.9. The molecule has 4 nitrogen and oxygen atoms in total. The standard InChI is InChI=1S/C26H41NO3/c1-3-4-8-20(2)25(28)11-10-23-24-18-21(17-22(24)19-26(23)29)9-6-5-7-12-27-13-15-30-16-14-27/h9-11,20,22-26,28-29H,5-8,12-19H2,1-2H3/b11-10+,21-9-. The fourth-order valence-electron chi connectivity index (χ4n) is 5.37. The number of aliphatic hydroxyl groups is 2. The predicted octanol–water partition coefficient (Wildman–Crippen LogP) is 3.79. The van der Waals surface area contributed by atoms with Crippen LogP contribution in [0.5, 0.6) is 0 Å². The Hall–Kier alpha value is -1.12. The van der Waals surface area contributed by atoms with E-state index in [9.17, 15) is 10.2 Å². The van der Waals surface area contributed by atoms with Crippen molar-refractivity contribution < 1.29 is 14.9 Å². The van der Waals surface area contributed by atoms with Gasteiger partial charge in [0.1, 0.15) is 0 Å². The molecule has 0 aromatic heterocycles. The van der Waals surface area contributed by atoms with Gasteiger partial charge in [-0.15, -0.1) is 11.8 Å². The number of allylic oxidation sites excluding steroid dienone is 2. The van der Waals surface area contributed by atoms with Crippen molar-refractivity contribution >= 4 is 0 Å². The van der Waals surface area contributed by atoms with E-state index < -0.39 is 6.10 Å². The lowest BCUT2D eigenvalue weighted by Crippen LogP contribution is -2.36. The largest absolute Gasteiger partial charge is 0.392 e. The monoisotopic (exact) mass is 415 g/mol. The molecule has 3 aliphatic rings. The average molecular weight is 416 g/mol. The van der Waals surface area contributed by atoms with Crippen LogP contribution in [-0.2, 0) is 4.74 Å². The third kappa shape index (κ3) is 6.69. The van der Waals surface area contributed by atoms with Gasteiger partial charge in [-0.3, -0.25) is 4.90 Å². The first kappa shape index (κ1) is 23.5. The predicted molar refractivity (Wildman–Crippen MR) is 122 cm³/mol. The van der Waals surface area contributed by atoms with Gasteiger partial charge in [-0.05, 0) is 69.7 Å². The van der Waals surface area contributed by atoms with Gasteiger partial charge in [0.05, 0.1) is 25.4 Å². The molecule has 0 aromatic carbocycles. The van der Waals surface area contributed by atoms with Crippen molar-refractivity contribution in [1.29, 1.82) is 0 Å². The van der Waals surface area contributed by atoms with E-state index in [1.807, 2.05) is 19.9 Å². The molecule has 1 saturated heterocycles. The zero-order valence-corrected chi connectivity index (χ0v) is 18.9. The van der Waals surface area contributed by atoms with E-state index in [1.54, 1.807) is 5.57 Å². The van der Waals surface area contributed by atoms with Crippen LogP contribution < -0.4 is 0 Å². The number of hydrogen-bond acceptors (Lipinski definition) is 4. The van der Waals surface area contributed by atoms with Crippen LogP contribution >= 0.6 is 0 Å². The van der Waals surface area contributed by atoms with Gasteiger partial charge < -0.3 is 14.9 Å². The molecule has 3 fully saturated rings. The second-order valence-electron chi connectivity index (χ2n) is 9.51. The molecule has 0 radical (unpaired) electrons. The molecule has 0 spiro atoms. The van der Waals surface area contributed by atoms with Crippen LogP contribution in [0.1, 0.15) is 58.8 Å². The van der Waals surface area contributed by atoms with E-state index in [0.717, 1.165) is 45.6 Å². The summed E-state index contributed by atoms with van der Waals surface area (Å²) in [5.74, 6) is 7.39. The summed E-state index contributed by atoms with van der Waals surface area (Å²) < 4.78 is 5.41. The summed E-state index contributed by atoms with van der Waals surface area (Å²) in [5.41, 5.74) is 1.59. The summed E-state index contributed by atoms with van der Waals surface area (Å²) >= 11 is 0. The lowest BCUT2D eigenvalue weighted by molar-refractivity contribution is 0.0372. The van der Waals surface area contributed by atoms with Gasteiger partial charge >= 0.3 is 0 Å². The Morgan fingerprint density at radius 1 is 1.23 bits per heavy atom. The van der Waals surface area contributed by atoms with Crippen LogP contribution in [0.15, 0.2) is 23.8 Å². The van der Waals surface area contributed by atoms with Crippen molar-refractivity contribution in [2.45, 2.75) is 71.0 Å². The first-order valence-electron chi connectivity index (χ1n) is 12.0. The third-order valence-electron chi connectivity index (χ3n) is 7.29. The van der Waals surface area contributed by atoms with Crippen molar-refractivity contribution in [1.82, 2.24) is 4.90 Å². The Morgan fingerprint density at radius 2 is 2.03 bits per heavy atom. The zero-order chi connectivity index (χ0) is 21.3. The second kappa shape index (κ2) is 12.1. The highest BCUT2D eigenvalue weighted by atomic mass is 16.5. The second-order valence-corrected chi connectivity index (χ2v) is 9.51. The van der Waals surface area contributed by atoms with Gasteiger partial charge in [0.15, 0.2) is 0 Å².